The number of halogens is 1. The predicted molar refractivity (Wildman–Crippen MR) is 122 cm³/mol. The highest BCUT2D eigenvalue weighted by Crippen LogP contribution is 2.34. The SMILES string of the molecule is Cc1c(C(N)=O)ccc(C(=O)c2cccc3c2C=CC=CN3)c1-c1cccc(Cl)c1. The summed E-state index contributed by atoms with van der Waals surface area (Å²) in [5.41, 5.74) is 10.7. The van der Waals surface area contributed by atoms with E-state index in [1.807, 2.05) is 48.7 Å². The summed E-state index contributed by atoms with van der Waals surface area (Å²) < 4.78 is 0. The normalized spacial score (nSPS) is 12.1. The molecule has 0 aliphatic carbocycles. The molecule has 1 amide bonds. The van der Waals surface area contributed by atoms with Crippen LogP contribution in [0.1, 0.15) is 37.4 Å². The molecule has 1 heterocycles. The second-order valence-corrected chi connectivity index (χ2v) is 7.43. The first-order valence-electron chi connectivity index (χ1n) is 9.44. The molecule has 30 heavy (non-hydrogen) atoms. The zero-order valence-corrected chi connectivity index (χ0v) is 17.0. The summed E-state index contributed by atoms with van der Waals surface area (Å²) in [5.74, 6) is -0.684. The first-order chi connectivity index (χ1) is 14.5. The average molecular weight is 415 g/mol. The van der Waals surface area contributed by atoms with Crippen LogP contribution in [0.4, 0.5) is 5.69 Å². The van der Waals surface area contributed by atoms with E-state index in [4.69, 9.17) is 17.3 Å². The van der Waals surface area contributed by atoms with Gasteiger partial charge in [0.2, 0.25) is 5.91 Å². The molecule has 1 aliphatic heterocycles. The van der Waals surface area contributed by atoms with Crippen LogP contribution in [0, 0.1) is 6.92 Å². The number of allylic oxidation sites excluding steroid dienone is 2. The number of primary amides is 1. The van der Waals surface area contributed by atoms with Gasteiger partial charge in [-0.05, 0) is 60.0 Å². The third kappa shape index (κ3) is 3.53. The van der Waals surface area contributed by atoms with E-state index >= 15 is 0 Å². The molecular formula is C25H19ClN2O2. The van der Waals surface area contributed by atoms with Gasteiger partial charge >= 0.3 is 0 Å². The van der Waals surface area contributed by atoms with Gasteiger partial charge in [-0.25, -0.2) is 0 Å². The van der Waals surface area contributed by atoms with Crippen LogP contribution < -0.4 is 11.1 Å². The highest BCUT2D eigenvalue weighted by Gasteiger charge is 2.22. The number of carbonyl (C=O) groups is 2. The fourth-order valence-electron chi connectivity index (χ4n) is 3.74. The fraction of sp³-hybridized carbons (Fsp3) is 0.0400. The maximum atomic E-state index is 13.7. The van der Waals surface area contributed by atoms with Crippen molar-refractivity contribution in [3.05, 3.63) is 106 Å². The minimum Gasteiger partial charge on any atom is -0.366 e. The van der Waals surface area contributed by atoms with Crippen molar-refractivity contribution in [1.82, 2.24) is 0 Å². The van der Waals surface area contributed by atoms with E-state index in [1.54, 1.807) is 37.3 Å². The number of ketones is 1. The van der Waals surface area contributed by atoms with Gasteiger partial charge in [0.05, 0.1) is 0 Å². The van der Waals surface area contributed by atoms with Gasteiger partial charge in [0.1, 0.15) is 0 Å². The molecular weight excluding hydrogens is 396 g/mol. The molecule has 5 heteroatoms. The van der Waals surface area contributed by atoms with E-state index in [0.29, 0.717) is 32.8 Å². The Morgan fingerprint density at radius 1 is 0.933 bits per heavy atom. The van der Waals surface area contributed by atoms with E-state index < -0.39 is 5.91 Å². The third-order valence-corrected chi connectivity index (χ3v) is 5.38. The molecule has 0 bridgehead atoms. The Balaban J connectivity index is 1.95. The lowest BCUT2D eigenvalue weighted by Gasteiger charge is -2.17. The highest BCUT2D eigenvalue weighted by molar-refractivity contribution is 6.31. The number of anilines is 1. The number of nitrogens with one attached hydrogen (secondary N) is 1. The first kappa shape index (κ1) is 19.7. The Morgan fingerprint density at radius 2 is 1.70 bits per heavy atom. The molecule has 0 radical (unpaired) electrons. The number of nitrogens with two attached hydrogens (primary N) is 1. The van der Waals surface area contributed by atoms with Crippen molar-refractivity contribution in [2.45, 2.75) is 6.92 Å². The lowest BCUT2D eigenvalue weighted by molar-refractivity contribution is 0.0996. The van der Waals surface area contributed by atoms with Gasteiger partial charge in [-0.3, -0.25) is 9.59 Å². The standard InChI is InChI=1S/C25H19ClN2O2/c1-15-18(25(27)30)11-12-21(23(15)16-6-4-7-17(26)14-16)24(29)20-9-5-10-22-19(20)8-2-3-13-28-22/h2-14,28H,1H3,(H2,27,30). The molecule has 0 fully saturated rings. The first-order valence-corrected chi connectivity index (χ1v) is 9.82. The summed E-state index contributed by atoms with van der Waals surface area (Å²) in [6.07, 6.45) is 7.48. The molecule has 0 unspecified atom stereocenters. The van der Waals surface area contributed by atoms with Crippen LogP contribution in [-0.4, -0.2) is 11.7 Å². The second-order valence-electron chi connectivity index (χ2n) is 6.99. The molecule has 4 rings (SSSR count). The van der Waals surface area contributed by atoms with E-state index in [0.717, 1.165) is 16.8 Å². The van der Waals surface area contributed by atoms with Crippen LogP contribution in [0.15, 0.2) is 72.9 Å². The summed E-state index contributed by atoms with van der Waals surface area (Å²) >= 11 is 6.21. The van der Waals surface area contributed by atoms with Gasteiger partial charge in [-0.1, -0.05) is 48.0 Å². The number of carbonyl (C=O) groups excluding carboxylic acids is 2. The molecule has 3 N–H and O–H groups in total. The smallest absolute Gasteiger partial charge is 0.248 e. The van der Waals surface area contributed by atoms with Gasteiger partial charge in [0.15, 0.2) is 5.78 Å². The largest absolute Gasteiger partial charge is 0.366 e. The van der Waals surface area contributed by atoms with E-state index in [-0.39, 0.29) is 5.78 Å². The summed E-state index contributed by atoms with van der Waals surface area (Å²) in [4.78, 5) is 25.7. The van der Waals surface area contributed by atoms with Gasteiger partial charge in [-0.2, -0.15) is 0 Å². The van der Waals surface area contributed by atoms with Crippen molar-refractivity contribution in [3.63, 3.8) is 0 Å². The van der Waals surface area contributed by atoms with Gasteiger partial charge < -0.3 is 11.1 Å². The number of hydrogen-bond donors (Lipinski definition) is 2. The Morgan fingerprint density at radius 3 is 2.47 bits per heavy atom. The Kier molecular flexibility index (Phi) is 5.25. The molecule has 0 aromatic heterocycles. The maximum absolute atomic E-state index is 13.7. The number of fused-ring (bicyclic) bond motifs is 1. The van der Waals surface area contributed by atoms with Gasteiger partial charge in [0.25, 0.3) is 0 Å². The summed E-state index contributed by atoms with van der Waals surface area (Å²) in [5, 5.41) is 3.73. The molecule has 0 saturated carbocycles. The molecule has 4 nitrogen and oxygen atoms in total. The van der Waals surface area contributed by atoms with Gasteiger partial charge in [0, 0.05) is 39.2 Å². The van der Waals surface area contributed by atoms with Crippen LogP contribution in [0.3, 0.4) is 0 Å². The third-order valence-electron chi connectivity index (χ3n) is 5.15. The van der Waals surface area contributed by atoms with Crippen molar-refractivity contribution in [1.29, 1.82) is 0 Å². The highest BCUT2D eigenvalue weighted by atomic mass is 35.5. The number of rotatable bonds is 4. The minimum absolute atomic E-state index is 0.144. The Hall–Kier alpha value is -3.63. The Bertz CT molecular complexity index is 1240. The lowest BCUT2D eigenvalue weighted by Crippen LogP contribution is -2.15. The van der Waals surface area contributed by atoms with Crippen molar-refractivity contribution in [3.8, 4) is 11.1 Å². The monoisotopic (exact) mass is 414 g/mol. The molecule has 3 aromatic rings. The van der Waals surface area contributed by atoms with E-state index in [1.165, 1.54) is 0 Å². The number of amides is 1. The zero-order chi connectivity index (χ0) is 21.3. The minimum atomic E-state index is -0.540. The van der Waals surface area contributed by atoms with Crippen LogP contribution in [-0.2, 0) is 0 Å². The molecule has 148 valence electrons. The number of hydrogen-bond acceptors (Lipinski definition) is 3. The molecule has 3 aromatic carbocycles. The zero-order valence-electron chi connectivity index (χ0n) is 16.3. The molecule has 0 saturated heterocycles. The van der Waals surface area contributed by atoms with E-state index in [2.05, 4.69) is 5.32 Å². The van der Waals surface area contributed by atoms with Crippen LogP contribution >= 0.6 is 11.6 Å². The Labute approximate surface area is 179 Å². The van der Waals surface area contributed by atoms with Gasteiger partial charge in [-0.15, -0.1) is 0 Å². The van der Waals surface area contributed by atoms with Crippen molar-refractivity contribution >= 4 is 35.1 Å². The fourth-order valence-corrected chi connectivity index (χ4v) is 3.93. The van der Waals surface area contributed by atoms with Crippen molar-refractivity contribution in [2.75, 3.05) is 5.32 Å². The molecule has 0 atom stereocenters. The van der Waals surface area contributed by atoms with Crippen LogP contribution in [0.2, 0.25) is 5.02 Å². The quantitative estimate of drug-likeness (QED) is 0.546. The maximum Gasteiger partial charge on any atom is 0.248 e. The van der Waals surface area contributed by atoms with Crippen molar-refractivity contribution in [2.24, 2.45) is 5.73 Å². The van der Waals surface area contributed by atoms with Crippen LogP contribution in [0.25, 0.3) is 17.2 Å². The molecule has 1 aliphatic rings. The van der Waals surface area contributed by atoms with Crippen molar-refractivity contribution < 1.29 is 9.59 Å². The topological polar surface area (TPSA) is 72.2 Å². The predicted octanol–water partition coefficient (Wildman–Crippen LogP) is 5.60. The van der Waals surface area contributed by atoms with E-state index in [9.17, 15) is 9.59 Å². The summed E-state index contributed by atoms with van der Waals surface area (Å²) in [6, 6.07) is 16.1. The lowest BCUT2D eigenvalue weighted by atomic mass is 9.86. The second kappa shape index (κ2) is 8.01. The number of benzene rings is 3. The average Bonchev–Trinajstić information content (AvgIpc) is 2.98. The summed E-state index contributed by atoms with van der Waals surface area (Å²) in [6.45, 7) is 1.80. The summed E-state index contributed by atoms with van der Waals surface area (Å²) in [7, 11) is 0. The van der Waals surface area contributed by atoms with Crippen LogP contribution in [0.5, 0.6) is 0 Å². The molecule has 0 spiro atoms.